The number of hydrogen-bond acceptors (Lipinski definition) is 4. The van der Waals surface area contributed by atoms with Gasteiger partial charge >= 0.3 is 5.97 Å². The van der Waals surface area contributed by atoms with E-state index in [-0.39, 0.29) is 5.91 Å². The van der Waals surface area contributed by atoms with Gasteiger partial charge in [-0.25, -0.2) is 4.79 Å². The van der Waals surface area contributed by atoms with Gasteiger partial charge in [0.1, 0.15) is 0 Å². The Morgan fingerprint density at radius 3 is 2.45 bits per heavy atom. The molecule has 2 aromatic heterocycles. The lowest BCUT2D eigenvalue weighted by atomic mass is 10.1. The summed E-state index contributed by atoms with van der Waals surface area (Å²) in [5.41, 5.74) is 1.14. The number of nitrogens with zero attached hydrogens (tertiary/aromatic N) is 4. The number of amides is 1. The Morgan fingerprint density at radius 1 is 1.32 bits per heavy atom. The van der Waals surface area contributed by atoms with Crippen molar-refractivity contribution in [3.8, 4) is 0 Å². The summed E-state index contributed by atoms with van der Waals surface area (Å²) in [4.78, 5) is 23.6. The third-order valence-electron chi connectivity index (χ3n) is 3.67. The van der Waals surface area contributed by atoms with Crippen LogP contribution in [0.3, 0.4) is 0 Å². The highest BCUT2D eigenvalue weighted by Gasteiger charge is 2.30. The highest BCUT2D eigenvalue weighted by atomic mass is 16.4. The third-order valence-corrected chi connectivity index (χ3v) is 3.67. The van der Waals surface area contributed by atoms with Crippen LogP contribution < -0.4 is 5.32 Å². The summed E-state index contributed by atoms with van der Waals surface area (Å²) in [6.07, 6.45) is 2.91. The maximum absolute atomic E-state index is 12.3. The fraction of sp³-hybridized carbons (Fsp3) is 0.429. The molecule has 2 rings (SSSR count). The molecular weight excluding hydrogens is 286 g/mol. The third kappa shape index (κ3) is 2.59. The molecule has 0 aliphatic carbocycles. The molecule has 8 nitrogen and oxygen atoms in total. The smallest absolute Gasteiger partial charge is 0.331 e. The molecule has 0 radical (unpaired) electrons. The van der Waals surface area contributed by atoms with Crippen molar-refractivity contribution in [3.05, 3.63) is 29.3 Å². The number of aryl methyl sites for hydroxylation is 2. The molecule has 0 spiro atoms. The van der Waals surface area contributed by atoms with Gasteiger partial charge in [0.25, 0.3) is 5.91 Å². The van der Waals surface area contributed by atoms with Crippen LogP contribution in [0.5, 0.6) is 0 Å². The highest BCUT2D eigenvalue weighted by Crippen LogP contribution is 2.19. The van der Waals surface area contributed by atoms with Crippen molar-refractivity contribution in [3.63, 3.8) is 0 Å². The number of anilines is 1. The highest BCUT2D eigenvalue weighted by molar-refractivity contribution is 6.05. The van der Waals surface area contributed by atoms with Gasteiger partial charge in [0.05, 0.1) is 23.1 Å². The predicted octanol–water partition coefficient (Wildman–Crippen LogP) is 1.31. The molecule has 8 heteroatoms. The molecule has 2 aromatic rings. The zero-order valence-electron chi connectivity index (χ0n) is 13.2. The Balaban J connectivity index is 2.24. The predicted molar refractivity (Wildman–Crippen MR) is 79.8 cm³/mol. The molecule has 22 heavy (non-hydrogen) atoms. The molecule has 0 atom stereocenters. The number of rotatable bonds is 4. The number of nitrogens with one attached hydrogen (secondary N) is 1. The van der Waals surface area contributed by atoms with Gasteiger partial charge < -0.3 is 10.4 Å². The van der Waals surface area contributed by atoms with Gasteiger partial charge in [-0.2, -0.15) is 10.2 Å². The van der Waals surface area contributed by atoms with Gasteiger partial charge in [-0.15, -0.1) is 0 Å². The lowest BCUT2D eigenvalue weighted by Gasteiger charge is -2.19. The fourth-order valence-corrected chi connectivity index (χ4v) is 2.09. The summed E-state index contributed by atoms with van der Waals surface area (Å²) in [5.74, 6) is -1.30. The molecular formula is C14H19N5O3. The first-order valence-corrected chi connectivity index (χ1v) is 6.74. The second-order valence-electron chi connectivity index (χ2n) is 5.66. The van der Waals surface area contributed by atoms with Crippen LogP contribution in [0.4, 0.5) is 5.69 Å². The molecule has 2 heterocycles. The van der Waals surface area contributed by atoms with Crippen LogP contribution in [-0.2, 0) is 17.4 Å². The average molecular weight is 305 g/mol. The summed E-state index contributed by atoms with van der Waals surface area (Å²) in [7, 11) is 1.77. The monoisotopic (exact) mass is 305 g/mol. The summed E-state index contributed by atoms with van der Waals surface area (Å²) in [6.45, 7) is 6.64. The van der Waals surface area contributed by atoms with E-state index in [9.17, 15) is 14.7 Å². The lowest BCUT2D eigenvalue weighted by molar-refractivity contribution is -0.146. The van der Waals surface area contributed by atoms with Gasteiger partial charge in [-0.1, -0.05) is 0 Å². The first-order valence-electron chi connectivity index (χ1n) is 6.74. The number of aliphatic carboxylic acids is 1. The number of carboxylic acids is 1. The second kappa shape index (κ2) is 5.28. The van der Waals surface area contributed by atoms with Gasteiger partial charge in [0, 0.05) is 18.9 Å². The zero-order chi connectivity index (χ0) is 16.7. The normalized spacial score (nSPS) is 11.5. The minimum absolute atomic E-state index is 0.296. The van der Waals surface area contributed by atoms with Crippen LogP contribution in [-0.4, -0.2) is 36.5 Å². The van der Waals surface area contributed by atoms with Gasteiger partial charge in [0.15, 0.2) is 5.54 Å². The fourth-order valence-electron chi connectivity index (χ4n) is 2.09. The van der Waals surface area contributed by atoms with Crippen LogP contribution in [0.15, 0.2) is 12.4 Å². The molecule has 0 saturated heterocycles. The molecule has 0 unspecified atom stereocenters. The van der Waals surface area contributed by atoms with Crippen molar-refractivity contribution in [2.24, 2.45) is 7.05 Å². The first-order chi connectivity index (χ1) is 10.1. The van der Waals surface area contributed by atoms with Crippen LogP contribution >= 0.6 is 0 Å². The number of carboxylic acid groups (broad SMARTS) is 1. The standard InChI is InChI=1S/C14H19N5O3/c1-8-11(9(2)18(5)17-8)12(20)16-10-6-15-19(7-10)14(3,4)13(21)22/h6-7H,1-5H3,(H,16,20)(H,21,22). The second-order valence-corrected chi connectivity index (χ2v) is 5.66. The molecule has 1 amide bonds. The minimum Gasteiger partial charge on any atom is -0.479 e. The van der Waals surface area contributed by atoms with Crippen LogP contribution in [0.25, 0.3) is 0 Å². The number of hydrogen-bond donors (Lipinski definition) is 2. The van der Waals surface area contributed by atoms with E-state index in [2.05, 4.69) is 15.5 Å². The van der Waals surface area contributed by atoms with E-state index in [1.807, 2.05) is 6.92 Å². The maximum atomic E-state index is 12.3. The molecule has 0 aliphatic rings. The quantitative estimate of drug-likeness (QED) is 0.886. The maximum Gasteiger partial charge on any atom is 0.331 e. The van der Waals surface area contributed by atoms with Crippen LogP contribution in [0.1, 0.15) is 35.6 Å². The van der Waals surface area contributed by atoms with E-state index >= 15 is 0 Å². The summed E-state index contributed by atoms with van der Waals surface area (Å²) in [6, 6.07) is 0. The lowest BCUT2D eigenvalue weighted by Crippen LogP contribution is -2.35. The summed E-state index contributed by atoms with van der Waals surface area (Å²) >= 11 is 0. The topological polar surface area (TPSA) is 102 Å². The van der Waals surface area contributed by atoms with E-state index in [1.54, 1.807) is 18.7 Å². The molecule has 0 bridgehead atoms. The van der Waals surface area contributed by atoms with E-state index < -0.39 is 11.5 Å². The number of aromatic nitrogens is 4. The Kier molecular flexibility index (Phi) is 3.78. The van der Waals surface area contributed by atoms with E-state index in [0.717, 1.165) is 5.69 Å². The number of carbonyl (C=O) groups excluding carboxylic acids is 1. The van der Waals surface area contributed by atoms with Crippen molar-refractivity contribution in [1.29, 1.82) is 0 Å². The van der Waals surface area contributed by atoms with Gasteiger partial charge in [0.2, 0.25) is 0 Å². The van der Waals surface area contributed by atoms with E-state index in [4.69, 9.17) is 0 Å². The van der Waals surface area contributed by atoms with Crippen molar-refractivity contribution in [1.82, 2.24) is 19.6 Å². The zero-order valence-corrected chi connectivity index (χ0v) is 13.2. The van der Waals surface area contributed by atoms with Crippen molar-refractivity contribution in [2.75, 3.05) is 5.32 Å². The first kappa shape index (κ1) is 15.7. The van der Waals surface area contributed by atoms with Crippen molar-refractivity contribution < 1.29 is 14.7 Å². The summed E-state index contributed by atoms with van der Waals surface area (Å²) in [5, 5.41) is 20.1. The van der Waals surface area contributed by atoms with Crippen molar-refractivity contribution in [2.45, 2.75) is 33.2 Å². The molecule has 2 N–H and O–H groups in total. The Morgan fingerprint density at radius 2 is 1.95 bits per heavy atom. The largest absolute Gasteiger partial charge is 0.479 e. The number of carbonyl (C=O) groups is 2. The molecule has 0 aliphatic heterocycles. The SMILES string of the molecule is Cc1nn(C)c(C)c1C(=O)Nc1cnn(C(C)(C)C(=O)O)c1. The van der Waals surface area contributed by atoms with E-state index in [1.165, 1.54) is 30.9 Å². The molecule has 0 aromatic carbocycles. The Bertz CT molecular complexity index is 742. The van der Waals surface area contributed by atoms with E-state index in [0.29, 0.717) is 16.9 Å². The summed E-state index contributed by atoms with van der Waals surface area (Å²) < 4.78 is 2.94. The molecule has 0 saturated carbocycles. The molecule has 0 fully saturated rings. The van der Waals surface area contributed by atoms with Crippen molar-refractivity contribution >= 4 is 17.6 Å². The molecule has 118 valence electrons. The van der Waals surface area contributed by atoms with Crippen LogP contribution in [0, 0.1) is 13.8 Å². The Hall–Kier alpha value is -2.64. The Labute approximate surface area is 127 Å². The van der Waals surface area contributed by atoms with Gasteiger partial charge in [-0.3, -0.25) is 14.2 Å². The average Bonchev–Trinajstić information content (AvgIpc) is 2.96. The minimum atomic E-state index is -1.19. The van der Waals surface area contributed by atoms with Gasteiger partial charge in [-0.05, 0) is 27.7 Å². The van der Waals surface area contributed by atoms with Crippen LogP contribution in [0.2, 0.25) is 0 Å².